The third-order valence-electron chi connectivity index (χ3n) is 2.52. The molecule has 0 aliphatic carbocycles. The minimum absolute atomic E-state index is 0.267. The number of carbonyl (C=O) groups is 1. The molecule has 0 saturated heterocycles. The molecule has 1 N–H and O–H groups in total. The van der Waals surface area contributed by atoms with Gasteiger partial charge in [-0.15, -0.1) is 0 Å². The van der Waals surface area contributed by atoms with Gasteiger partial charge < -0.3 is 5.32 Å². The maximum absolute atomic E-state index is 11.7. The topological polar surface area (TPSA) is 54.9 Å². The van der Waals surface area contributed by atoms with Crippen LogP contribution in [0.3, 0.4) is 0 Å². The van der Waals surface area contributed by atoms with Crippen molar-refractivity contribution in [1.82, 2.24) is 15.3 Å². The number of rotatable bonds is 4. The zero-order valence-electron chi connectivity index (χ0n) is 9.94. The highest BCUT2D eigenvalue weighted by atomic mass is 35.5. The first-order valence-electron chi connectivity index (χ1n) is 5.65. The minimum Gasteiger partial charge on any atom is -0.350 e. The Morgan fingerprint density at radius 1 is 1.21 bits per heavy atom. The molecule has 19 heavy (non-hydrogen) atoms. The number of hydrogen-bond acceptors (Lipinski definition) is 3. The van der Waals surface area contributed by atoms with Crippen molar-refractivity contribution < 1.29 is 4.79 Å². The van der Waals surface area contributed by atoms with Gasteiger partial charge in [0.1, 0.15) is 5.69 Å². The van der Waals surface area contributed by atoms with Crippen molar-refractivity contribution >= 4 is 29.1 Å². The van der Waals surface area contributed by atoms with Gasteiger partial charge >= 0.3 is 0 Å². The first-order valence-corrected chi connectivity index (χ1v) is 6.41. The SMILES string of the molecule is O=C(NCCc1c(Cl)cccc1Cl)c1cnccn1. The van der Waals surface area contributed by atoms with E-state index in [1.165, 1.54) is 18.6 Å². The zero-order valence-corrected chi connectivity index (χ0v) is 11.4. The Labute approximate surface area is 120 Å². The van der Waals surface area contributed by atoms with Crippen LogP contribution in [0, 0.1) is 0 Å². The van der Waals surface area contributed by atoms with Crippen molar-refractivity contribution in [1.29, 1.82) is 0 Å². The molecule has 1 aromatic carbocycles. The fourth-order valence-corrected chi connectivity index (χ4v) is 2.17. The van der Waals surface area contributed by atoms with Gasteiger partial charge in [0.2, 0.25) is 0 Å². The molecule has 0 fully saturated rings. The van der Waals surface area contributed by atoms with Gasteiger partial charge in [0.25, 0.3) is 5.91 Å². The van der Waals surface area contributed by atoms with Gasteiger partial charge in [0.15, 0.2) is 0 Å². The molecule has 0 atom stereocenters. The number of carbonyl (C=O) groups excluding carboxylic acids is 1. The van der Waals surface area contributed by atoms with E-state index in [2.05, 4.69) is 15.3 Å². The van der Waals surface area contributed by atoms with Gasteiger partial charge in [-0.25, -0.2) is 4.98 Å². The molecule has 98 valence electrons. The molecule has 1 aromatic heterocycles. The lowest BCUT2D eigenvalue weighted by Gasteiger charge is -2.07. The van der Waals surface area contributed by atoms with Gasteiger partial charge in [-0.2, -0.15) is 0 Å². The van der Waals surface area contributed by atoms with Crippen molar-refractivity contribution in [3.8, 4) is 0 Å². The molecular weight excluding hydrogens is 285 g/mol. The van der Waals surface area contributed by atoms with Crippen LogP contribution in [0.15, 0.2) is 36.8 Å². The van der Waals surface area contributed by atoms with Crippen LogP contribution in [0.5, 0.6) is 0 Å². The summed E-state index contributed by atoms with van der Waals surface area (Å²) in [6, 6.07) is 5.33. The van der Waals surface area contributed by atoms with Crippen LogP contribution in [0.1, 0.15) is 16.1 Å². The Bertz CT molecular complexity index is 555. The van der Waals surface area contributed by atoms with Crippen LogP contribution >= 0.6 is 23.2 Å². The summed E-state index contributed by atoms with van der Waals surface area (Å²) in [5.41, 5.74) is 1.11. The standard InChI is InChI=1S/C13H11Cl2N3O/c14-10-2-1-3-11(15)9(10)4-5-18-13(19)12-8-16-6-7-17-12/h1-3,6-8H,4-5H2,(H,18,19). The van der Waals surface area contributed by atoms with Crippen LogP contribution in [0.4, 0.5) is 0 Å². The highest BCUT2D eigenvalue weighted by Gasteiger charge is 2.08. The van der Waals surface area contributed by atoms with E-state index in [1.54, 1.807) is 18.2 Å². The minimum atomic E-state index is -0.267. The van der Waals surface area contributed by atoms with Crippen molar-refractivity contribution in [2.45, 2.75) is 6.42 Å². The average molecular weight is 296 g/mol. The van der Waals surface area contributed by atoms with Crippen LogP contribution in [0.25, 0.3) is 0 Å². The molecule has 2 rings (SSSR count). The van der Waals surface area contributed by atoms with Crippen molar-refractivity contribution in [3.63, 3.8) is 0 Å². The maximum Gasteiger partial charge on any atom is 0.271 e. The van der Waals surface area contributed by atoms with Crippen molar-refractivity contribution in [2.75, 3.05) is 6.54 Å². The maximum atomic E-state index is 11.7. The molecule has 4 nitrogen and oxygen atoms in total. The van der Waals surface area contributed by atoms with Crippen molar-refractivity contribution in [2.24, 2.45) is 0 Å². The second-order valence-corrected chi connectivity index (χ2v) is 4.61. The molecule has 0 bridgehead atoms. The first kappa shape index (κ1) is 13.8. The second-order valence-electron chi connectivity index (χ2n) is 3.80. The molecule has 0 aliphatic heterocycles. The highest BCUT2D eigenvalue weighted by Crippen LogP contribution is 2.24. The van der Waals surface area contributed by atoms with Crippen LogP contribution in [-0.2, 0) is 6.42 Å². The average Bonchev–Trinajstić information content (AvgIpc) is 2.43. The second kappa shape index (κ2) is 6.50. The van der Waals surface area contributed by atoms with E-state index in [9.17, 15) is 4.79 Å². The lowest BCUT2D eigenvalue weighted by molar-refractivity contribution is 0.0948. The Morgan fingerprint density at radius 2 is 1.95 bits per heavy atom. The summed E-state index contributed by atoms with van der Waals surface area (Å²) in [6.07, 6.45) is 4.96. The summed E-state index contributed by atoms with van der Waals surface area (Å²) in [5, 5.41) is 3.94. The summed E-state index contributed by atoms with van der Waals surface area (Å²) >= 11 is 12.1. The lowest BCUT2D eigenvalue weighted by Crippen LogP contribution is -2.26. The number of amides is 1. The van der Waals surface area contributed by atoms with E-state index < -0.39 is 0 Å². The Balaban J connectivity index is 1.92. The number of hydrogen-bond donors (Lipinski definition) is 1. The van der Waals surface area contributed by atoms with Gasteiger partial charge in [0, 0.05) is 29.0 Å². The van der Waals surface area contributed by atoms with E-state index in [1.807, 2.05) is 0 Å². The molecule has 1 amide bonds. The first-order chi connectivity index (χ1) is 9.18. The largest absolute Gasteiger partial charge is 0.350 e. The predicted molar refractivity (Wildman–Crippen MR) is 74.5 cm³/mol. The fraction of sp³-hybridized carbons (Fsp3) is 0.154. The lowest BCUT2D eigenvalue weighted by atomic mass is 10.1. The van der Waals surface area contributed by atoms with E-state index in [0.717, 1.165) is 5.56 Å². The van der Waals surface area contributed by atoms with Crippen LogP contribution in [0.2, 0.25) is 10.0 Å². The van der Waals surface area contributed by atoms with Crippen LogP contribution in [-0.4, -0.2) is 22.4 Å². The monoisotopic (exact) mass is 295 g/mol. The smallest absolute Gasteiger partial charge is 0.271 e. The molecular formula is C13H11Cl2N3O. The van der Waals surface area contributed by atoms with Crippen molar-refractivity contribution in [3.05, 3.63) is 58.1 Å². The summed E-state index contributed by atoms with van der Waals surface area (Å²) in [5.74, 6) is -0.267. The predicted octanol–water partition coefficient (Wildman–Crippen LogP) is 2.76. The molecule has 0 aliphatic rings. The van der Waals surface area contributed by atoms with E-state index in [-0.39, 0.29) is 11.6 Å². The van der Waals surface area contributed by atoms with E-state index in [0.29, 0.717) is 23.0 Å². The van der Waals surface area contributed by atoms with E-state index >= 15 is 0 Å². The number of aromatic nitrogens is 2. The quantitative estimate of drug-likeness (QED) is 0.944. The fourth-order valence-electron chi connectivity index (χ4n) is 1.58. The molecule has 6 heteroatoms. The van der Waals surface area contributed by atoms with Gasteiger partial charge in [0.05, 0.1) is 6.20 Å². The number of nitrogens with zero attached hydrogens (tertiary/aromatic N) is 2. The summed E-state index contributed by atoms with van der Waals surface area (Å²) in [7, 11) is 0. The third-order valence-corrected chi connectivity index (χ3v) is 3.23. The molecule has 0 saturated carbocycles. The molecule has 0 spiro atoms. The molecule has 0 radical (unpaired) electrons. The summed E-state index contributed by atoms with van der Waals surface area (Å²) in [4.78, 5) is 19.5. The summed E-state index contributed by atoms with van der Waals surface area (Å²) < 4.78 is 0. The number of halogens is 2. The molecule has 1 heterocycles. The van der Waals surface area contributed by atoms with Gasteiger partial charge in [-0.05, 0) is 24.1 Å². The number of nitrogens with one attached hydrogen (secondary N) is 1. The third kappa shape index (κ3) is 3.66. The Hall–Kier alpha value is -1.65. The zero-order chi connectivity index (χ0) is 13.7. The van der Waals surface area contributed by atoms with Crippen LogP contribution < -0.4 is 5.32 Å². The summed E-state index contributed by atoms with van der Waals surface area (Å²) in [6.45, 7) is 0.429. The van der Waals surface area contributed by atoms with E-state index in [4.69, 9.17) is 23.2 Å². The molecule has 2 aromatic rings. The highest BCUT2D eigenvalue weighted by molar-refractivity contribution is 6.35. The Kier molecular flexibility index (Phi) is 4.71. The van der Waals surface area contributed by atoms with Gasteiger partial charge in [-0.1, -0.05) is 29.3 Å². The molecule has 0 unspecified atom stereocenters. The number of benzene rings is 1. The van der Waals surface area contributed by atoms with Gasteiger partial charge in [-0.3, -0.25) is 9.78 Å². The normalized spacial score (nSPS) is 10.2. The Morgan fingerprint density at radius 3 is 2.58 bits per heavy atom.